The maximum Gasteiger partial charge on any atom is 0.0352 e. The lowest BCUT2D eigenvalue weighted by atomic mass is 10.00. The van der Waals surface area contributed by atoms with Crippen LogP contribution >= 0.6 is 15.9 Å². The molecule has 0 fully saturated rings. The number of hydrogen-bond donors (Lipinski definition) is 1. The van der Waals surface area contributed by atoms with Crippen LogP contribution in [0.5, 0.6) is 0 Å². The number of halogens is 1. The molecule has 66 valence electrons. The van der Waals surface area contributed by atoms with Gasteiger partial charge in [0, 0.05) is 10.2 Å². The van der Waals surface area contributed by atoms with Crippen LogP contribution in [0.2, 0.25) is 0 Å². The standard InChI is InChI=1S/C10H14BrN/c1-6(2)8-5-9(11)7(3)4-10(8)12/h4-6H,12H2,1-3H3. The average molecular weight is 228 g/mol. The molecule has 1 aromatic rings. The van der Waals surface area contributed by atoms with Crippen molar-refractivity contribution in [2.75, 3.05) is 5.73 Å². The molecule has 2 heteroatoms. The molecule has 0 spiro atoms. The highest BCUT2D eigenvalue weighted by Crippen LogP contribution is 2.28. The molecule has 0 atom stereocenters. The first-order chi connectivity index (χ1) is 5.52. The van der Waals surface area contributed by atoms with Gasteiger partial charge in [0.15, 0.2) is 0 Å². The van der Waals surface area contributed by atoms with Gasteiger partial charge in [-0.15, -0.1) is 0 Å². The number of hydrogen-bond acceptors (Lipinski definition) is 1. The Hall–Kier alpha value is -0.500. The molecule has 0 heterocycles. The number of nitrogens with two attached hydrogens (primary N) is 1. The van der Waals surface area contributed by atoms with Crippen LogP contribution in [0.3, 0.4) is 0 Å². The molecule has 0 aliphatic heterocycles. The predicted octanol–water partition coefficient (Wildman–Crippen LogP) is 3.46. The van der Waals surface area contributed by atoms with Crippen molar-refractivity contribution in [3.8, 4) is 0 Å². The molecule has 0 saturated heterocycles. The van der Waals surface area contributed by atoms with E-state index in [2.05, 4.69) is 35.8 Å². The second-order valence-electron chi connectivity index (χ2n) is 3.39. The van der Waals surface area contributed by atoms with E-state index in [-0.39, 0.29) is 0 Å². The summed E-state index contributed by atoms with van der Waals surface area (Å²) in [5, 5.41) is 0. The number of benzene rings is 1. The Balaban J connectivity index is 3.23. The normalized spacial score (nSPS) is 10.8. The van der Waals surface area contributed by atoms with Crippen LogP contribution < -0.4 is 5.73 Å². The van der Waals surface area contributed by atoms with Gasteiger partial charge in [0.05, 0.1) is 0 Å². The van der Waals surface area contributed by atoms with Gasteiger partial charge in [0.25, 0.3) is 0 Å². The monoisotopic (exact) mass is 227 g/mol. The van der Waals surface area contributed by atoms with E-state index in [9.17, 15) is 0 Å². The van der Waals surface area contributed by atoms with Crippen molar-refractivity contribution in [3.05, 3.63) is 27.7 Å². The molecule has 0 amide bonds. The minimum absolute atomic E-state index is 0.488. The van der Waals surface area contributed by atoms with E-state index in [1.807, 2.05) is 13.0 Å². The molecule has 0 unspecified atom stereocenters. The Morgan fingerprint density at radius 3 is 2.42 bits per heavy atom. The van der Waals surface area contributed by atoms with Gasteiger partial charge in [0.1, 0.15) is 0 Å². The first kappa shape index (κ1) is 9.59. The van der Waals surface area contributed by atoms with Gasteiger partial charge >= 0.3 is 0 Å². The summed E-state index contributed by atoms with van der Waals surface area (Å²) >= 11 is 3.49. The molecule has 0 aliphatic carbocycles. The van der Waals surface area contributed by atoms with Crippen LogP contribution in [0.1, 0.15) is 30.9 Å². The van der Waals surface area contributed by atoms with Gasteiger partial charge < -0.3 is 5.73 Å². The lowest BCUT2D eigenvalue weighted by molar-refractivity contribution is 0.868. The fourth-order valence-corrected chi connectivity index (χ4v) is 1.58. The highest BCUT2D eigenvalue weighted by Gasteiger charge is 2.06. The number of anilines is 1. The van der Waals surface area contributed by atoms with Crippen LogP contribution in [0, 0.1) is 6.92 Å². The highest BCUT2D eigenvalue weighted by molar-refractivity contribution is 9.10. The Labute approximate surface area is 82.1 Å². The molecule has 0 aliphatic rings. The van der Waals surface area contributed by atoms with Gasteiger partial charge in [0.2, 0.25) is 0 Å². The maximum absolute atomic E-state index is 5.87. The minimum Gasteiger partial charge on any atom is -0.398 e. The summed E-state index contributed by atoms with van der Waals surface area (Å²) in [6, 6.07) is 4.12. The van der Waals surface area contributed by atoms with Crippen molar-refractivity contribution in [2.24, 2.45) is 0 Å². The van der Waals surface area contributed by atoms with Crippen LogP contribution in [-0.2, 0) is 0 Å². The first-order valence-electron chi connectivity index (χ1n) is 4.08. The smallest absolute Gasteiger partial charge is 0.0352 e. The highest BCUT2D eigenvalue weighted by atomic mass is 79.9. The summed E-state index contributed by atoms with van der Waals surface area (Å²) < 4.78 is 1.14. The fourth-order valence-electron chi connectivity index (χ4n) is 1.22. The molecule has 1 rings (SSSR count). The van der Waals surface area contributed by atoms with Crippen LogP contribution in [0.15, 0.2) is 16.6 Å². The predicted molar refractivity (Wildman–Crippen MR) is 57.4 cm³/mol. The van der Waals surface area contributed by atoms with E-state index in [4.69, 9.17) is 5.73 Å². The molecular weight excluding hydrogens is 214 g/mol. The molecule has 1 aromatic carbocycles. The van der Waals surface area contributed by atoms with Crippen molar-refractivity contribution in [3.63, 3.8) is 0 Å². The Morgan fingerprint density at radius 1 is 1.33 bits per heavy atom. The van der Waals surface area contributed by atoms with E-state index in [1.165, 1.54) is 11.1 Å². The summed E-state index contributed by atoms with van der Waals surface area (Å²) in [5.74, 6) is 0.488. The zero-order valence-electron chi connectivity index (χ0n) is 7.69. The lowest BCUT2D eigenvalue weighted by Crippen LogP contribution is -1.97. The lowest BCUT2D eigenvalue weighted by Gasteiger charge is -2.11. The third-order valence-corrected chi connectivity index (χ3v) is 2.84. The number of nitrogen functional groups attached to an aromatic ring is 1. The second kappa shape index (κ2) is 3.48. The number of rotatable bonds is 1. The third kappa shape index (κ3) is 1.81. The quantitative estimate of drug-likeness (QED) is 0.732. The Bertz CT molecular complexity index is 292. The van der Waals surface area contributed by atoms with Gasteiger partial charge in [-0.05, 0) is 36.1 Å². The van der Waals surface area contributed by atoms with E-state index in [0.717, 1.165) is 10.2 Å². The second-order valence-corrected chi connectivity index (χ2v) is 4.24. The summed E-state index contributed by atoms with van der Waals surface area (Å²) in [5.41, 5.74) is 9.17. The van der Waals surface area contributed by atoms with Crippen molar-refractivity contribution in [1.82, 2.24) is 0 Å². The van der Waals surface area contributed by atoms with Crippen LogP contribution in [-0.4, -0.2) is 0 Å². The van der Waals surface area contributed by atoms with Gasteiger partial charge in [-0.3, -0.25) is 0 Å². The SMILES string of the molecule is Cc1cc(N)c(C(C)C)cc1Br. The van der Waals surface area contributed by atoms with Gasteiger partial charge in [-0.1, -0.05) is 29.8 Å². The summed E-state index contributed by atoms with van der Waals surface area (Å²) in [7, 11) is 0. The zero-order chi connectivity index (χ0) is 9.30. The van der Waals surface area contributed by atoms with Crippen LogP contribution in [0.25, 0.3) is 0 Å². The molecule has 1 nitrogen and oxygen atoms in total. The summed E-state index contributed by atoms with van der Waals surface area (Å²) in [6.07, 6.45) is 0. The topological polar surface area (TPSA) is 26.0 Å². The molecule has 0 aromatic heterocycles. The molecule has 0 saturated carbocycles. The average Bonchev–Trinajstić information content (AvgIpc) is 1.96. The summed E-state index contributed by atoms with van der Waals surface area (Å²) in [6.45, 7) is 6.34. The molecule has 0 bridgehead atoms. The molecular formula is C10H14BrN. The molecule has 0 radical (unpaired) electrons. The summed E-state index contributed by atoms with van der Waals surface area (Å²) in [4.78, 5) is 0. The van der Waals surface area contributed by atoms with Crippen molar-refractivity contribution in [1.29, 1.82) is 0 Å². The van der Waals surface area contributed by atoms with Gasteiger partial charge in [-0.2, -0.15) is 0 Å². The number of aryl methyl sites for hydroxylation is 1. The van der Waals surface area contributed by atoms with Crippen molar-refractivity contribution < 1.29 is 0 Å². The molecule has 12 heavy (non-hydrogen) atoms. The van der Waals surface area contributed by atoms with E-state index >= 15 is 0 Å². The Morgan fingerprint density at radius 2 is 1.92 bits per heavy atom. The van der Waals surface area contributed by atoms with Crippen LogP contribution in [0.4, 0.5) is 5.69 Å². The van der Waals surface area contributed by atoms with Crippen molar-refractivity contribution in [2.45, 2.75) is 26.7 Å². The van der Waals surface area contributed by atoms with Gasteiger partial charge in [-0.25, -0.2) is 0 Å². The minimum atomic E-state index is 0.488. The largest absolute Gasteiger partial charge is 0.398 e. The third-order valence-electron chi connectivity index (χ3n) is 1.99. The van der Waals surface area contributed by atoms with E-state index in [0.29, 0.717) is 5.92 Å². The zero-order valence-corrected chi connectivity index (χ0v) is 9.27. The van der Waals surface area contributed by atoms with E-state index < -0.39 is 0 Å². The van der Waals surface area contributed by atoms with E-state index in [1.54, 1.807) is 0 Å². The maximum atomic E-state index is 5.87. The fraction of sp³-hybridized carbons (Fsp3) is 0.400. The van der Waals surface area contributed by atoms with Crippen molar-refractivity contribution >= 4 is 21.6 Å². The Kier molecular flexibility index (Phi) is 2.78. The first-order valence-corrected chi connectivity index (χ1v) is 4.87. The molecule has 2 N–H and O–H groups in total.